The zero-order valence-electron chi connectivity index (χ0n) is 12.5. The van der Waals surface area contributed by atoms with E-state index in [2.05, 4.69) is 67.6 Å². The number of benzene rings is 2. The van der Waals surface area contributed by atoms with Crippen LogP contribution in [0.5, 0.6) is 0 Å². The van der Waals surface area contributed by atoms with Crippen molar-refractivity contribution < 1.29 is 0 Å². The van der Waals surface area contributed by atoms with E-state index < -0.39 is 0 Å². The molecule has 1 aliphatic rings. The SMILES string of the molecule is CCCCC(=N)c1c(C2C=CC=C2)ccc2ccccc12. The maximum absolute atomic E-state index is 8.57. The molecule has 0 saturated heterocycles. The van der Waals surface area contributed by atoms with Gasteiger partial charge in [0.2, 0.25) is 0 Å². The second-order valence-electron chi connectivity index (χ2n) is 5.63. The standard InChI is InChI=1S/C20H21N/c1-2-3-12-19(21)20-17-11-7-6-10-16(17)13-14-18(20)15-8-4-5-9-15/h4-11,13-15,21H,2-3,12H2,1H3. The monoisotopic (exact) mass is 275 g/mol. The van der Waals surface area contributed by atoms with Gasteiger partial charge in [-0.2, -0.15) is 0 Å². The van der Waals surface area contributed by atoms with Crippen LogP contribution in [0.1, 0.15) is 43.2 Å². The number of fused-ring (bicyclic) bond motifs is 1. The first kappa shape index (κ1) is 13.8. The molecule has 2 aromatic carbocycles. The summed E-state index contributed by atoms with van der Waals surface area (Å²) < 4.78 is 0. The van der Waals surface area contributed by atoms with Crippen molar-refractivity contribution in [1.29, 1.82) is 5.41 Å². The molecule has 0 atom stereocenters. The number of rotatable bonds is 5. The third kappa shape index (κ3) is 2.69. The van der Waals surface area contributed by atoms with E-state index in [9.17, 15) is 0 Å². The summed E-state index contributed by atoms with van der Waals surface area (Å²) in [6.07, 6.45) is 11.7. The molecular weight excluding hydrogens is 254 g/mol. The largest absolute Gasteiger partial charge is 0.305 e. The van der Waals surface area contributed by atoms with Crippen molar-refractivity contribution in [3.8, 4) is 0 Å². The molecule has 0 amide bonds. The lowest BCUT2D eigenvalue weighted by Gasteiger charge is -2.17. The summed E-state index contributed by atoms with van der Waals surface area (Å²) in [4.78, 5) is 0. The number of hydrogen-bond acceptors (Lipinski definition) is 1. The summed E-state index contributed by atoms with van der Waals surface area (Å²) in [5.41, 5.74) is 3.18. The minimum absolute atomic E-state index is 0.312. The second kappa shape index (κ2) is 6.09. The molecule has 106 valence electrons. The van der Waals surface area contributed by atoms with Crippen LogP contribution in [0.4, 0.5) is 0 Å². The Labute approximate surface area is 126 Å². The zero-order chi connectivity index (χ0) is 14.7. The maximum atomic E-state index is 8.57. The summed E-state index contributed by atoms with van der Waals surface area (Å²) >= 11 is 0. The van der Waals surface area contributed by atoms with Crippen LogP contribution in [0.3, 0.4) is 0 Å². The minimum Gasteiger partial charge on any atom is -0.305 e. The molecule has 1 N–H and O–H groups in total. The Balaban J connectivity index is 2.15. The van der Waals surface area contributed by atoms with Gasteiger partial charge >= 0.3 is 0 Å². The van der Waals surface area contributed by atoms with Gasteiger partial charge in [-0.05, 0) is 29.2 Å². The highest BCUT2D eigenvalue weighted by Gasteiger charge is 2.17. The molecule has 0 bridgehead atoms. The van der Waals surface area contributed by atoms with E-state index in [1.165, 1.54) is 16.3 Å². The van der Waals surface area contributed by atoms with Crippen LogP contribution in [-0.2, 0) is 0 Å². The van der Waals surface area contributed by atoms with E-state index in [-0.39, 0.29) is 0 Å². The molecule has 1 heteroatoms. The molecule has 0 saturated carbocycles. The van der Waals surface area contributed by atoms with Crippen molar-refractivity contribution in [1.82, 2.24) is 0 Å². The first-order valence-electron chi connectivity index (χ1n) is 7.75. The van der Waals surface area contributed by atoms with Gasteiger partial charge in [0.25, 0.3) is 0 Å². The molecule has 0 fully saturated rings. The van der Waals surface area contributed by atoms with E-state index >= 15 is 0 Å². The summed E-state index contributed by atoms with van der Waals surface area (Å²) in [7, 11) is 0. The zero-order valence-corrected chi connectivity index (χ0v) is 12.5. The van der Waals surface area contributed by atoms with Crippen LogP contribution in [-0.4, -0.2) is 5.71 Å². The lowest BCUT2D eigenvalue weighted by Crippen LogP contribution is -2.07. The Bertz CT molecular complexity index is 710. The van der Waals surface area contributed by atoms with E-state index in [1.54, 1.807) is 0 Å². The normalized spacial score (nSPS) is 14.1. The van der Waals surface area contributed by atoms with Crippen molar-refractivity contribution >= 4 is 16.5 Å². The van der Waals surface area contributed by atoms with Crippen molar-refractivity contribution in [2.24, 2.45) is 0 Å². The molecule has 21 heavy (non-hydrogen) atoms. The highest BCUT2D eigenvalue weighted by atomic mass is 14.4. The van der Waals surface area contributed by atoms with Crippen LogP contribution >= 0.6 is 0 Å². The lowest BCUT2D eigenvalue weighted by molar-refractivity contribution is 0.832. The van der Waals surface area contributed by atoms with Gasteiger partial charge in [-0.1, -0.05) is 74.0 Å². The molecule has 0 unspecified atom stereocenters. The third-order valence-corrected chi connectivity index (χ3v) is 4.15. The summed E-state index contributed by atoms with van der Waals surface area (Å²) in [6.45, 7) is 2.18. The van der Waals surface area contributed by atoms with E-state index in [0.717, 1.165) is 30.5 Å². The van der Waals surface area contributed by atoms with Crippen LogP contribution in [0.25, 0.3) is 10.8 Å². The Morgan fingerprint density at radius 1 is 1.05 bits per heavy atom. The number of nitrogens with one attached hydrogen (secondary N) is 1. The van der Waals surface area contributed by atoms with E-state index in [0.29, 0.717) is 5.92 Å². The van der Waals surface area contributed by atoms with Crippen LogP contribution in [0.15, 0.2) is 60.7 Å². The summed E-state index contributed by atoms with van der Waals surface area (Å²) in [5, 5.41) is 11.0. The van der Waals surface area contributed by atoms with Gasteiger partial charge in [0.05, 0.1) is 0 Å². The van der Waals surface area contributed by atoms with Crippen molar-refractivity contribution in [3.05, 3.63) is 71.8 Å². The Morgan fingerprint density at radius 3 is 2.57 bits per heavy atom. The fraction of sp³-hybridized carbons (Fsp3) is 0.250. The average molecular weight is 275 g/mol. The molecule has 0 aliphatic heterocycles. The molecule has 0 spiro atoms. The molecule has 0 heterocycles. The predicted molar refractivity (Wildman–Crippen MR) is 91.3 cm³/mol. The molecule has 3 rings (SSSR count). The van der Waals surface area contributed by atoms with Gasteiger partial charge in [0, 0.05) is 17.2 Å². The van der Waals surface area contributed by atoms with E-state index in [4.69, 9.17) is 5.41 Å². The Morgan fingerprint density at radius 2 is 1.81 bits per heavy atom. The van der Waals surface area contributed by atoms with Crippen molar-refractivity contribution in [2.75, 3.05) is 0 Å². The average Bonchev–Trinajstić information content (AvgIpc) is 3.05. The van der Waals surface area contributed by atoms with E-state index in [1.807, 2.05) is 0 Å². The van der Waals surface area contributed by atoms with Gasteiger partial charge in [-0.15, -0.1) is 0 Å². The second-order valence-corrected chi connectivity index (χ2v) is 5.63. The van der Waals surface area contributed by atoms with Gasteiger partial charge in [0.15, 0.2) is 0 Å². The summed E-state index contributed by atoms with van der Waals surface area (Å²) in [5.74, 6) is 0.312. The molecule has 2 aromatic rings. The van der Waals surface area contributed by atoms with Crippen LogP contribution < -0.4 is 0 Å². The Hall–Kier alpha value is -2.15. The molecule has 1 aliphatic carbocycles. The van der Waals surface area contributed by atoms with Crippen molar-refractivity contribution in [3.63, 3.8) is 0 Å². The van der Waals surface area contributed by atoms with Gasteiger partial charge < -0.3 is 5.41 Å². The first-order valence-corrected chi connectivity index (χ1v) is 7.75. The lowest BCUT2D eigenvalue weighted by atomic mass is 9.87. The first-order chi connectivity index (χ1) is 10.3. The summed E-state index contributed by atoms with van der Waals surface area (Å²) in [6, 6.07) is 12.8. The van der Waals surface area contributed by atoms with Gasteiger partial charge in [-0.3, -0.25) is 0 Å². The quantitative estimate of drug-likeness (QED) is 0.686. The fourth-order valence-electron chi connectivity index (χ4n) is 3.02. The van der Waals surface area contributed by atoms with Gasteiger partial charge in [0.1, 0.15) is 0 Å². The van der Waals surface area contributed by atoms with Crippen LogP contribution in [0.2, 0.25) is 0 Å². The molecule has 1 nitrogen and oxygen atoms in total. The predicted octanol–water partition coefficient (Wildman–Crippen LogP) is 5.61. The third-order valence-electron chi connectivity index (χ3n) is 4.15. The fourth-order valence-corrected chi connectivity index (χ4v) is 3.02. The minimum atomic E-state index is 0.312. The molecule has 0 aromatic heterocycles. The van der Waals surface area contributed by atoms with Crippen LogP contribution in [0, 0.1) is 5.41 Å². The molecule has 0 radical (unpaired) electrons. The number of unbranched alkanes of at least 4 members (excludes halogenated alkanes) is 1. The number of hydrogen-bond donors (Lipinski definition) is 1. The smallest absolute Gasteiger partial charge is 0.0395 e. The molecular formula is C20H21N. The maximum Gasteiger partial charge on any atom is 0.0395 e. The Kier molecular flexibility index (Phi) is 4.01. The number of allylic oxidation sites excluding steroid dienone is 4. The highest BCUT2D eigenvalue weighted by molar-refractivity contribution is 6.11. The highest BCUT2D eigenvalue weighted by Crippen LogP contribution is 2.32. The van der Waals surface area contributed by atoms with Gasteiger partial charge in [-0.25, -0.2) is 0 Å². The van der Waals surface area contributed by atoms with Crippen molar-refractivity contribution in [2.45, 2.75) is 32.1 Å². The topological polar surface area (TPSA) is 23.9 Å².